The van der Waals surface area contributed by atoms with Gasteiger partial charge in [0.05, 0.1) is 6.61 Å². The fourth-order valence-electron chi connectivity index (χ4n) is 2.75. The number of likely N-dealkylation sites (tertiary alicyclic amines) is 1. The van der Waals surface area contributed by atoms with Crippen LogP contribution in [0.5, 0.6) is 0 Å². The molecular weight excluding hydrogens is 210 g/mol. The zero-order chi connectivity index (χ0) is 12.1. The minimum Gasteiger partial charge on any atom is -0.395 e. The summed E-state index contributed by atoms with van der Waals surface area (Å²) in [6.07, 6.45) is 3.69. The second-order valence-corrected chi connectivity index (χ2v) is 5.14. The Morgan fingerprint density at radius 2 is 2.06 bits per heavy atom. The van der Waals surface area contributed by atoms with E-state index in [0.29, 0.717) is 18.6 Å². The Kier molecular flexibility index (Phi) is 4.57. The fourth-order valence-corrected chi connectivity index (χ4v) is 2.75. The van der Waals surface area contributed by atoms with Crippen LogP contribution in [0.25, 0.3) is 0 Å². The molecule has 1 saturated heterocycles. The van der Waals surface area contributed by atoms with Gasteiger partial charge in [-0.2, -0.15) is 0 Å². The highest BCUT2D eigenvalue weighted by molar-refractivity contribution is 5.19. The molecule has 1 fully saturated rings. The highest BCUT2D eigenvalue weighted by Crippen LogP contribution is 2.22. The van der Waals surface area contributed by atoms with Crippen LogP contribution >= 0.6 is 0 Å². The van der Waals surface area contributed by atoms with Crippen LogP contribution in [0.4, 0.5) is 0 Å². The van der Waals surface area contributed by atoms with E-state index in [4.69, 9.17) is 0 Å². The van der Waals surface area contributed by atoms with E-state index in [1.54, 1.807) is 0 Å². The summed E-state index contributed by atoms with van der Waals surface area (Å²) >= 11 is 0. The summed E-state index contributed by atoms with van der Waals surface area (Å²) in [5, 5.41) is 9.40. The number of aliphatic hydroxyl groups excluding tert-OH is 1. The average molecular weight is 233 g/mol. The summed E-state index contributed by atoms with van der Waals surface area (Å²) in [4.78, 5) is 2.46. The minimum atomic E-state index is 0.307. The number of aliphatic hydroxyl groups is 1. The molecule has 2 rings (SSSR count). The molecule has 0 radical (unpaired) electrons. The third kappa shape index (κ3) is 3.30. The molecule has 1 heterocycles. The van der Waals surface area contributed by atoms with Crippen molar-refractivity contribution in [2.75, 3.05) is 19.7 Å². The molecule has 0 amide bonds. The Morgan fingerprint density at radius 1 is 1.29 bits per heavy atom. The smallest absolute Gasteiger partial charge is 0.0586 e. The third-order valence-electron chi connectivity index (χ3n) is 3.84. The quantitative estimate of drug-likeness (QED) is 0.864. The molecule has 0 saturated carbocycles. The summed E-state index contributed by atoms with van der Waals surface area (Å²) in [6.45, 7) is 4.79. The zero-order valence-electron chi connectivity index (χ0n) is 10.7. The van der Waals surface area contributed by atoms with E-state index in [-0.39, 0.29) is 0 Å². The number of hydrogen-bond acceptors (Lipinski definition) is 2. The van der Waals surface area contributed by atoms with Crippen LogP contribution < -0.4 is 0 Å². The number of benzene rings is 1. The number of nitrogens with zero attached hydrogens (tertiary/aromatic N) is 1. The van der Waals surface area contributed by atoms with E-state index < -0.39 is 0 Å². The average Bonchev–Trinajstić information content (AvgIpc) is 2.40. The van der Waals surface area contributed by atoms with Crippen LogP contribution in [0.3, 0.4) is 0 Å². The molecule has 2 heteroatoms. The Morgan fingerprint density at radius 3 is 2.76 bits per heavy atom. The Bertz CT molecular complexity index is 325. The topological polar surface area (TPSA) is 23.5 Å². The Hall–Kier alpha value is -0.860. The van der Waals surface area contributed by atoms with Crippen molar-refractivity contribution < 1.29 is 5.11 Å². The van der Waals surface area contributed by atoms with Crippen molar-refractivity contribution in [1.29, 1.82) is 0 Å². The molecule has 1 aliphatic heterocycles. The first-order valence-corrected chi connectivity index (χ1v) is 6.71. The van der Waals surface area contributed by atoms with Crippen molar-refractivity contribution in [3.8, 4) is 0 Å². The molecule has 0 spiro atoms. The van der Waals surface area contributed by atoms with Crippen LogP contribution in [-0.2, 0) is 0 Å². The van der Waals surface area contributed by atoms with Gasteiger partial charge in [-0.25, -0.2) is 0 Å². The SMILES string of the molecule is C[C@H](CN1CCCC[C@H]1CO)c1ccccc1. The van der Waals surface area contributed by atoms with Crippen LogP contribution in [-0.4, -0.2) is 35.7 Å². The maximum Gasteiger partial charge on any atom is 0.0586 e. The lowest BCUT2D eigenvalue weighted by Gasteiger charge is -2.36. The lowest BCUT2D eigenvalue weighted by molar-refractivity contribution is 0.0860. The normalized spacial score (nSPS) is 23.5. The maximum absolute atomic E-state index is 9.40. The van der Waals surface area contributed by atoms with E-state index >= 15 is 0 Å². The Balaban J connectivity index is 1.95. The number of piperidine rings is 1. The van der Waals surface area contributed by atoms with Crippen molar-refractivity contribution in [3.63, 3.8) is 0 Å². The predicted octanol–water partition coefficient (Wildman–Crippen LogP) is 2.64. The van der Waals surface area contributed by atoms with Gasteiger partial charge in [0, 0.05) is 12.6 Å². The number of hydrogen-bond donors (Lipinski definition) is 1. The molecule has 0 aromatic heterocycles. The van der Waals surface area contributed by atoms with Crippen molar-refractivity contribution in [2.24, 2.45) is 0 Å². The first kappa shape index (κ1) is 12.6. The van der Waals surface area contributed by atoms with E-state index in [1.165, 1.54) is 18.4 Å². The van der Waals surface area contributed by atoms with Crippen LogP contribution in [0.2, 0.25) is 0 Å². The van der Waals surface area contributed by atoms with Crippen LogP contribution in [0.15, 0.2) is 30.3 Å². The van der Waals surface area contributed by atoms with Gasteiger partial charge in [-0.1, -0.05) is 43.7 Å². The van der Waals surface area contributed by atoms with Gasteiger partial charge in [0.15, 0.2) is 0 Å². The summed E-state index contributed by atoms with van der Waals surface area (Å²) < 4.78 is 0. The summed E-state index contributed by atoms with van der Waals surface area (Å²) in [6, 6.07) is 11.0. The third-order valence-corrected chi connectivity index (χ3v) is 3.84. The van der Waals surface area contributed by atoms with Gasteiger partial charge < -0.3 is 5.11 Å². The van der Waals surface area contributed by atoms with Crippen molar-refractivity contribution in [1.82, 2.24) is 4.90 Å². The zero-order valence-corrected chi connectivity index (χ0v) is 10.7. The molecular formula is C15H23NO. The van der Waals surface area contributed by atoms with E-state index in [9.17, 15) is 5.11 Å². The van der Waals surface area contributed by atoms with Gasteiger partial charge >= 0.3 is 0 Å². The Labute approximate surface area is 104 Å². The molecule has 17 heavy (non-hydrogen) atoms. The highest BCUT2D eigenvalue weighted by atomic mass is 16.3. The molecule has 2 nitrogen and oxygen atoms in total. The summed E-state index contributed by atoms with van der Waals surface area (Å²) in [5.74, 6) is 0.545. The minimum absolute atomic E-state index is 0.307. The lowest BCUT2D eigenvalue weighted by atomic mass is 9.97. The fraction of sp³-hybridized carbons (Fsp3) is 0.600. The molecule has 1 aliphatic rings. The van der Waals surface area contributed by atoms with Gasteiger partial charge in [0.1, 0.15) is 0 Å². The molecule has 0 unspecified atom stereocenters. The monoisotopic (exact) mass is 233 g/mol. The van der Waals surface area contributed by atoms with Gasteiger partial charge in [0.25, 0.3) is 0 Å². The van der Waals surface area contributed by atoms with Gasteiger partial charge in [-0.15, -0.1) is 0 Å². The highest BCUT2D eigenvalue weighted by Gasteiger charge is 2.23. The molecule has 2 atom stereocenters. The van der Waals surface area contributed by atoms with E-state index in [0.717, 1.165) is 19.5 Å². The summed E-state index contributed by atoms with van der Waals surface area (Å²) in [7, 11) is 0. The first-order valence-electron chi connectivity index (χ1n) is 6.71. The predicted molar refractivity (Wildman–Crippen MR) is 71.2 cm³/mol. The first-order chi connectivity index (χ1) is 8.31. The van der Waals surface area contributed by atoms with Crippen molar-refractivity contribution in [3.05, 3.63) is 35.9 Å². The van der Waals surface area contributed by atoms with Gasteiger partial charge in [-0.05, 0) is 30.9 Å². The molecule has 1 aromatic rings. The van der Waals surface area contributed by atoms with Crippen molar-refractivity contribution in [2.45, 2.75) is 38.1 Å². The molecule has 1 N–H and O–H groups in total. The second kappa shape index (κ2) is 6.18. The van der Waals surface area contributed by atoms with Crippen LogP contribution in [0.1, 0.15) is 37.7 Å². The van der Waals surface area contributed by atoms with Gasteiger partial charge in [0.2, 0.25) is 0 Å². The van der Waals surface area contributed by atoms with Crippen LogP contribution in [0, 0.1) is 0 Å². The van der Waals surface area contributed by atoms with Gasteiger partial charge in [-0.3, -0.25) is 4.90 Å². The standard InChI is InChI=1S/C15H23NO/c1-13(14-7-3-2-4-8-14)11-16-10-6-5-9-15(16)12-17/h2-4,7-8,13,15,17H,5-6,9-12H2,1H3/t13-,15+/m1/s1. The van der Waals surface area contributed by atoms with Crippen molar-refractivity contribution >= 4 is 0 Å². The largest absolute Gasteiger partial charge is 0.395 e. The second-order valence-electron chi connectivity index (χ2n) is 5.14. The number of rotatable bonds is 4. The van der Waals surface area contributed by atoms with E-state index in [1.807, 2.05) is 0 Å². The molecule has 1 aromatic carbocycles. The molecule has 94 valence electrons. The van der Waals surface area contributed by atoms with E-state index in [2.05, 4.69) is 42.2 Å². The molecule has 0 aliphatic carbocycles. The summed E-state index contributed by atoms with van der Waals surface area (Å²) in [5.41, 5.74) is 1.40. The lowest BCUT2D eigenvalue weighted by Crippen LogP contribution is -2.43. The maximum atomic E-state index is 9.40. The molecule has 0 bridgehead atoms.